The van der Waals surface area contributed by atoms with Crippen LogP contribution in [-0.4, -0.2) is 10.4 Å². The van der Waals surface area contributed by atoms with E-state index in [1.54, 1.807) is 25.3 Å². The molecule has 0 radical (unpaired) electrons. The fraction of sp³-hybridized carbons (Fsp3) is 0.538. The maximum Gasteiger partial charge on any atom is 0.251 e. The van der Waals surface area contributed by atoms with Crippen LogP contribution in [0.5, 0.6) is 0 Å². The molecule has 0 saturated heterocycles. The lowest BCUT2D eigenvalue weighted by atomic mass is 10.0. The van der Waals surface area contributed by atoms with Gasteiger partial charge in [-0.25, -0.2) is 0 Å². The Morgan fingerprint density at radius 3 is 2.69 bits per heavy atom. The summed E-state index contributed by atoms with van der Waals surface area (Å²) in [7, 11) is 0. The first kappa shape index (κ1) is 12.7. The van der Waals surface area contributed by atoms with Crippen molar-refractivity contribution >= 4 is 5.78 Å². The Hall–Kier alpha value is -1.38. The van der Waals surface area contributed by atoms with Gasteiger partial charge < -0.3 is 4.57 Å². The molecule has 1 atom stereocenters. The summed E-state index contributed by atoms with van der Waals surface area (Å²) < 4.78 is 1.54. The fourth-order valence-electron chi connectivity index (χ4n) is 1.82. The Labute approximate surface area is 96.1 Å². The molecule has 1 aromatic heterocycles. The van der Waals surface area contributed by atoms with Gasteiger partial charge in [0.15, 0.2) is 5.78 Å². The van der Waals surface area contributed by atoms with Gasteiger partial charge in [-0.3, -0.25) is 9.59 Å². The Kier molecular flexibility index (Phi) is 4.96. The Morgan fingerprint density at radius 2 is 2.12 bits per heavy atom. The molecule has 0 saturated carbocycles. The van der Waals surface area contributed by atoms with E-state index in [9.17, 15) is 9.59 Å². The number of hydrogen-bond donors (Lipinski definition) is 0. The number of carbonyl (C=O) groups excluding carboxylic acids is 1. The molecule has 88 valence electrons. The van der Waals surface area contributed by atoms with E-state index in [1.165, 1.54) is 10.6 Å². The molecule has 3 nitrogen and oxygen atoms in total. The van der Waals surface area contributed by atoms with E-state index in [2.05, 4.69) is 6.92 Å². The van der Waals surface area contributed by atoms with Crippen LogP contribution in [0.2, 0.25) is 0 Å². The molecule has 0 aliphatic rings. The standard InChI is InChI=1S/C13H19NO2/c1-3-4-5-8-12(11(2)15)14-10-7-6-9-13(14)16/h6-7,9-10,12H,3-5,8H2,1-2H3. The number of unbranched alkanes of at least 4 members (excludes halogenated alkanes) is 2. The summed E-state index contributed by atoms with van der Waals surface area (Å²) in [5.74, 6) is 0.0596. The van der Waals surface area contributed by atoms with Crippen LogP contribution in [0.1, 0.15) is 45.6 Å². The lowest BCUT2D eigenvalue weighted by Crippen LogP contribution is -2.27. The maximum atomic E-state index is 11.6. The van der Waals surface area contributed by atoms with Crippen molar-refractivity contribution in [3.63, 3.8) is 0 Å². The third-order valence-corrected chi connectivity index (χ3v) is 2.74. The van der Waals surface area contributed by atoms with Gasteiger partial charge in [0, 0.05) is 12.3 Å². The monoisotopic (exact) mass is 221 g/mol. The topological polar surface area (TPSA) is 39.1 Å². The van der Waals surface area contributed by atoms with Crippen molar-refractivity contribution < 1.29 is 4.79 Å². The van der Waals surface area contributed by atoms with E-state index < -0.39 is 0 Å². The van der Waals surface area contributed by atoms with E-state index in [0.29, 0.717) is 0 Å². The normalized spacial score (nSPS) is 12.4. The molecule has 1 heterocycles. The van der Waals surface area contributed by atoms with E-state index in [1.807, 2.05) is 0 Å². The lowest BCUT2D eigenvalue weighted by Gasteiger charge is -2.16. The minimum atomic E-state index is -0.291. The summed E-state index contributed by atoms with van der Waals surface area (Å²) in [5.41, 5.74) is -0.0980. The summed E-state index contributed by atoms with van der Waals surface area (Å²) >= 11 is 0. The number of pyridine rings is 1. The Morgan fingerprint density at radius 1 is 1.38 bits per heavy atom. The first-order valence-electron chi connectivity index (χ1n) is 5.84. The zero-order valence-corrected chi connectivity index (χ0v) is 9.98. The van der Waals surface area contributed by atoms with Gasteiger partial charge >= 0.3 is 0 Å². The van der Waals surface area contributed by atoms with Crippen LogP contribution in [0, 0.1) is 0 Å². The number of carbonyl (C=O) groups is 1. The molecule has 0 fully saturated rings. The minimum Gasteiger partial charge on any atom is -0.305 e. The molecule has 0 aromatic carbocycles. The number of Topliss-reactive ketones (excluding diaryl/α,β-unsaturated/α-hetero) is 1. The number of aromatic nitrogens is 1. The molecule has 0 aliphatic carbocycles. The van der Waals surface area contributed by atoms with Gasteiger partial charge in [-0.05, 0) is 19.4 Å². The molecule has 3 heteroatoms. The summed E-state index contributed by atoms with van der Waals surface area (Å²) in [6.45, 7) is 3.67. The second-order valence-electron chi connectivity index (χ2n) is 4.07. The first-order valence-corrected chi connectivity index (χ1v) is 5.84. The number of rotatable bonds is 6. The molecular formula is C13H19NO2. The summed E-state index contributed by atoms with van der Waals surface area (Å²) in [6, 6.07) is 4.69. The van der Waals surface area contributed by atoms with Crippen LogP contribution >= 0.6 is 0 Å². The molecule has 0 amide bonds. The first-order chi connectivity index (χ1) is 7.66. The van der Waals surface area contributed by atoms with Gasteiger partial charge in [-0.15, -0.1) is 0 Å². The highest BCUT2D eigenvalue weighted by Gasteiger charge is 2.16. The molecule has 1 rings (SSSR count). The van der Waals surface area contributed by atoms with Crippen molar-refractivity contribution in [2.45, 2.75) is 45.6 Å². The molecule has 0 spiro atoms. The zero-order chi connectivity index (χ0) is 12.0. The predicted octanol–water partition coefficient (Wildman–Crippen LogP) is 2.56. The molecule has 0 N–H and O–H groups in total. The van der Waals surface area contributed by atoms with Gasteiger partial charge in [0.05, 0.1) is 6.04 Å². The van der Waals surface area contributed by atoms with Crippen LogP contribution in [0.3, 0.4) is 0 Å². The highest BCUT2D eigenvalue weighted by atomic mass is 16.1. The molecular weight excluding hydrogens is 202 g/mol. The molecule has 0 aliphatic heterocycles. The average Bonchev–Trinajstić information content (AvgIpc) is 2.25. The Balaban J connectivity index is 2.82. The van der Waals surface area contributed by atoms with Crippen LogP contribution in [0.25, 0.3) is 0 Å². The van der Waals surface area contributed by atoms with E-state index in [4.69, 9.17) is 0 Å². The summed E-state index contributed by atoms with van der Waals surface area (Å²) in [6.07, 6.45) is 5.66. The van der Waals surface area contributed by atoms with Crippen molar-refractivity contribution in [1.29, 1.82) is 0 Å². The summed E-state index contributed by atoms with van der Waals surface area (Å²) in [5, 5.41) is 0. The van der Waals surface area contributed by atoms with Crippen LogP contribution < -0.4 is 5.56 Å². The number of ketones is 1. The molecule has 16 heavy (non-hydrogen) atoms. The Bertz CT molecular complexity index is 395. The largest absolute Gasteiger partial charge is 0.305 e. The maximum absolute atomic E-state index is 11.6. The summed E-state index contributed by atoms with van der Waals surface area (Å²) in [4.78, 5) is 23.1. The molecule has 1 aromatic rings. The van der Waals surface area contributed by atoms with Crippen LogP contribution in [0.15, 0.2) is 29.2 Å². The average molecular weight is 221 g/mol. The minimum absolute atomic E-state index is 0.0596. The van der Waals surface area contributed by atoms with Gasteiger partial charge in [-0.1, -0.05) is 32.3 Å². The fourth-order valence-corrected chi connectivity index (χ4v) is 1.82. The molecule has 1 unspecified atom stereocenters. The van der Waals surface area contributed by atoms with Crippen molar-refractivity contribution in [3.05, 3.63) is 34.7 Å². The van der Waals surface area contributed by atoms with E-state index >= 15 is 0 Å². The van der Waals surface area contributed by atoms with Crippen LogP contribution in [0.4, 0.5) is 0 Å². The third-order valence-electron chi connectivity index (χ3n) is 2.74. The highest BCUT2D eigenvalue weighted by molar-refractivity contribution is 5.79. The van der Waals surface area contributed by atoms with E-state index in [-0.39, 0.29) is 17.4 Å². The molecule has 0 bridgehead atoms. The number of hydrogen-bond acceptors (Lipinski definition) is 2. The second-order valence-corrected chi connectivity index (χ2v) is 4.07. The smallest absolute Gasteiger partial charge is 0.251 e. The second kappa shape index (κ2) is 6.26. The van der Waals surface area contributed by atoms with Crippen molar-refractivity contribution in [2.24, 2.45) is 0 Å². The van der Waals surface area contributed by atoms with Gasteiger partial charge in [0.2, 0.25) is 0 Å². The third kappa shape index (κ3) is 3.33. The highest BCUT2D eigenvalue weighted by Crippen LogP contribution is 2.15. The number of nitrogens with zero attached hydrogens (tertiary/aromatic N) is 1. The van der Waals surface area contributed by atoms with Crippen molar-refractivity contribution in [1.82, 2.24) is 4.57 Å². The zero-order valence-electron chi connectivity index (χ0n) is 9.98. The lowest BCUT2D eigenvalue weighted by molar-refractivity contribution is -0.120. The van der Waals surface area contributed by atoms with Gasteiger partial charge in [0.25, 0.3) is 5.56 Å². The predicted molar refractivity (Wildman–Crippen MR) is 64.6 cm³/mol. The SMILES string of the molecule is CCCCCC(C(C)=O)n1ccccc1=O. The van der Waals surface area contributed by atoms with Crippen molar-refractivity contribution in [3.8, 4) is 0 Å². The van der Waals surface area contributed by atoms with Gasteiger partial charge in [0.1, 0.15) is 0 Å². The van der Waals surface area contributed by atoms with E-state index in [0.717, 1.165) is 25.7 Å². The van der Waals surface area contributed by atoms with Crippen molar-refractivity contribution in [2.75, 3.05) is 0 Å². The van der Waals surface area contributed by atoms with Gasteiger partial charge in [-0.2, -0.15) is 0 Å². The van der Waals surface area contributed by atoms with Crippen LogP contribution in [-0.2, 0) is 4.79 Å². The quantitative estimate of drug-likeness (QED) is 0.692.